The third-order valence-electron chi connectivity index (χ3n) is 4.93. The van der Waals surface area contributed by atoms with E-state index in [0.29, 0.717) is 12.0 Å². The Hall–Kier alpha value is -4.20. The van der Waals surface area contributed by atoms with Gasteiger partial charge in [-0.3, -0.25) is 24.2 Å². The molecule has 0 radical (unpaired) electrons. The van der Waals surface area contributed by atoms with Crippen molar-refractivity contribution in [3.63, 3.8) is 0 Å². The van der Waals surface area contributed by atoms with Gasteiger partial charge in [0.05, 0.1) is 12.5 Å². The molecule has 198 valence electrons. The number of carboxylic acids is 1. The molecule has 0 spiro atoms. The van der Waals surface area contributed by atoms with Crippen molar-refractivity contribution in [2.75, 3.05) is 6.54 Å². The standard InChI is InChI=1S/C22H34N8O6/c1-12(23)18(32)28-14(8-5-9-27-22(25)26)19(33)29-15(10-13-6-3-2-4-7-13)20(34)30-16(21(35)36)11-17(24)31/h2-4,6-7,12,14-16H,5,8-11,23H2,1H3,(H2,24,31)(H,28,32)(H,29,33)(H,30,34)(H,35,36)(H4,25,26,27). The first-order valence-corrected chi connectivity index (χ1v) is 11.2. The number of aliphatic carboxylic acids is 1. The summed E-state index contributed by atoms with van der Waals surface area (Å²) in [5.74, 6) is -4.66. The SMILES string of the molecule is CC(N)C(=O)NC(CCCN=C(N)N)C(=O)NC(Cc1ccccc1)C(=O)NC(CC(N)=O)C(=O)O. The van der Waals surface area contributed by atoms with Crippen LogP contribution < -0.4 is 38.9 Å². The number of carbonyl (C=O) groups excluding carboxylic acids is 4. The molecular weight excluding hydrogens is 472 g/mol. The normalized spacial score (nSPS) is 13.8. The first-order valence-electron chi connectivity index (χ1n) is 11.2. The van der Waals surface area contributed by atoms with Crippen LogP contribution in [0.5, 0.6) is 0 Å². The van der Waals surface area contributed by atoms with Crippen LogP contribution >= 0.6 is 0 Å². The van der Waals surface area contributed by atoms with E-state index >= 15 is 0 Å². The van der Waals surface area contributed by atoms with Crippen LogP contribution in [0.25, 0.3) is 0 Å². The zero-order valence-electron chi connectivity index (χ0n) is 20.0. The van der Waals surface area contributed by atoms with Crippen LogP contribution in [0.15, 0.2) is 35.3 Å². The summed E-state index contributed by atoms with van der Waals surface area (Å²) < 4.78 is 0. The maximum absolute atomic E-state index is 13.1. The Morgan fingerprint density at radius 2 is 1.44 bits per heavy atom. The number of primary amides is 1. The van der Waals surface area contributed by atoms with Crippen molar-refractivity contribution in [2.24, 2.45) is 27.9 Å². The number of hydrogen-bond acceptors (Lipinski definition) is 7. The van der Waals surface area contributed by atoms with Crippen LogP contribution in [-0.4, -0.2) is 71.4 Å². The number of carboxylic acid groups (broad SMARTS) is 1. The van der Waals surface area contributed by atoms with Crippen molar-refractivity contribution < 1.29 is 29.1 Å². The molecule has 1 aromatic carbocycles. The van der Waals surface area contributed by atoms with Crippen molar-refractivity contribution in [2.45, 2.75) is 56.8 Å². The fourth-order valence-corrected chi connectivity index (χ4v) is 3.08. The molecule has 4 atom stereocenters. The first-order chi connectivity index (χ1) is 16.9. The maximum atomic E-state index is 13.1. The second-order valence-corrected chi connectivity index (χ2v) is 8.12. The van der Waals surface area contributed by atoms with Gasteiger partial charge in [-0.2, -0.15) is 0 Å². The highest BCUT2D eigenvalue weighted by Crippen LogP contribution is 2.07. The van der Waals surface area contributed by atoms with Gasteiger partial charge in [0.2, 0.25) is 23.6 Å². The summed E-state index contributed by atoms with van der Waals surface area (Å²) in [7, 11) is 0. The van der Waals surface area contributed by atoms with Gasteiger partial charge in [-0.15, -0.1) is 0 Å². The van der Waals surface area contributed by atoms with Gasteiger partial charge in [0.1, 0.15) is 18.1 Å². The molecule has 0 fully saturated rings. The number of rotatable bonds is 15. The highest BCUT2D eigenvalue weighted by atomic mass is 16.4. The zero-order chi connectivity index (χ0) is 27.3. The van der Waals surface area contributed by atoms with E-state index < -0.39 is 60.2 Å². The van der Waals surface area contributed by atoms with Crippen LogP contribution in [0, 0.1) is 0 Å². The Balaban J connectivity index is 3.11. The number of aliphatic imine (C=N–C) groups is 1. The Morgan fingerprint density at radius 3 is 1.97 bits per heavy atom. The summed E-state index contributed by atoms with van der Waals surface area (Å²) in [6, 6.07) is 3.87. The highest BCUT2D eigenvalue weighted by Gasteiger charge is 2.30. The van der Waals surface area contributed by atoms with Crippen molar-refractivity contribution in [3.8, 4) is 0 Å². The summed E-state index contributed by atoms with van der Waals surface area (Å²) >= 11 is 0. The van der Waals surface area contributed by atoms with E-state index in [4.69, 9.17) is 22.9 Å². The summed E-state index contributed by atoms with van der Waals surface area (Å²) in [6.45, 7) is 1.64. The summed E-state index contributed by atoms with van der Waals surface area (Å²) in [4.78, 5) is 64.8. The predicted octanol–water partition coefficient (Wildman–Crippen LogP) is -2.96. The Labute approximate surface area is 208 Å². The van der Waals surface area contributed by atoms with Gasteiger partial charge < -0.3 is 44.0 Å². The van der Waals surface area contributed by atoms with E-state index in [0.717, 1.165) is 0 Å². The van der Waals surface area contributed by atoms with Crippen LogP contribution in [0.4, 0.5) is 0 Å². The summed E-state index contributed by atoms with van der Waals surface area (Å²) in [5.41, 5.74) is 21.9. The minimum absolute atomic E-state index is 0.00326. The van der Waals surface area contributed by atoms with Gasteiger partial charge in [-0.1, -0.05) is 30.3 Å². The van der Waals surface area contributed by atoms with Gasteiger partial charge in [0.25, 0.3) is 0 Å². The molecule has 0 heterocycles. The predicted molar refractivity (Wildman–Crippen MR) is 131 cm³/mol. The molecule has 1 rings (SSSR count). The Bertz CT molecular complexity index is 949. The maximum Gasteiger partial charge on any atom is 0.326 e. The number of amides is 4. The lowest BCUT2D eigenvalue weighted by atomic mass is 10.0. The number of guanidine groups is 1. The number of benzene rings is 1. The van der Waals surface area contributed by atoms with Crippen molar-refractivity contribution in [1.82, 2.24) is 16.0 Å². The van der Waals surface area contributed by atoms with Crippen molar-refractivity contribution >= 4 is 35.6 Å². The second-order valence-electron chi connectivity index (χ2n) is 8.12. The third kappa shape index (κ3) is 11.3. The van der Waals surface area contributed by atoms with E-state index in [-0.39, 0.29) is 25.3 Å². The lowest BCUT2D eigenvalue weighted by Crippen LogP contribution is -2.57. The topological polar surface area (TPSA) is 258 Å². The molecule has 0 aliphatic rings. The van der Waals surface area contributed by atoms with Crippen molar-refractivity contribution in [1.29, 1.82) is 0 Å². The quantitative estimate of drug-likeness (QED) is 0.0685. The lowest BCUT2D eigenvalue weighted by Gasteiger charge is -2.25. The van der Waals surface area contributed by atoms with Gasteiger partial charge in [-0.25, -0.2) is 4.79 Å². The van der Waals surface area contributed by atoms with Crippen LogP contribution in [0.2, 0.25) is 0 Å². The van der Waals surface area contributed by atoms with Gasteiger partial charge >= 0.3 is 5.97 Å². The molecule has 4 unspecified atom stereocenters. The van der Waals surface area contributed by atoms with Gasteiger partial charge in [0.15, 0.2) is 5.96 Å². The highest BCUT2D eigenvalue weighted by molar-refractivity contribution is 5.95. The molecule has 0 aromatic heterocycles. The molecule has 0 saturated carbocycles. The molecule has 0 aliphatic carbocycles. The van der Waals surface area contributed by atoms with Crippen LogP contribution in [0.1, 0.15) is 31.7 Å². The minimum atomic E-state index is -1.58. The fraction of sp³-hybridized carbons (Fsp3) is 0.455. The molecule has 36 heavy (non-hydrogen) atoms. The molecular formula is C22H34N8O6. The molecule has 4 amide bonds. The molecule has 14 nitrogen and oxygen atoms in total. The second kappa shape index (κ2) is 14.9. The Kier molecular flexibility index (Phi) is 12.4. The number of nitrogens with one attached hydrogen (secondary N) is 3. The van der Waals surface area contributed by atoms with Crippen LogP contribution in [0.3, 0.4) is 0 Å². The van der Waals surface area contributed by atoms with E-state index in [1.165, 1.54) is 6.92 Å². The van der Waals surface area contributed by atoms with Gasteiger partial charge in [-0.05, 0) is 25.3 Å². The molecule has 14 heteroatoms. The number of nitrogens with two attached hydrogens (primary N) is 4. The number of nitrogens with zero attached hydrogens (tertiary/aromatic N) is 1. The minimum Gasteiger partial charge on any atom is -0.480 e. The van der Waals surface area contributed by atoms with E-state index in [1.807, 2.05) is 0 Å². The lowest BCUT2D eigenvalue weighted by molar-refractivity contribution is -0.143. The molecule has 12 N–H and O–H groups in total. The monoisotopic (exact) mass is 506 g/mol. The summed E-state index contributed by atoms with van der Waals surface area (Å²) in [6.07, 6.45) is -0.182. The van der Waals surface area contributed by atoms with Crippen molar-refractivity contribution in [3.05, 3.63) is 35.9 Å². The average Bonchev–Trinajstić information content (AvgIpc) is 2.79. The summed E-state index contributed by atoms with van der Waals surface area (Å²) in [5, 5.41) is 16.6. The third-order valence-corrected chi connectivity index (χ3v) is 4.93. The van der Waals surface area contributed by atoms with E-state index in [2.05, 4.69) is 20.9 Å². The van der Waals surface area contributed by atoms with Crippen LogP contribution in [-0.2, 0) is 30.4 Å². The zero-order valence-corrected chi connectivity index (χ0v) is 20.0. The molecule has 0 aliphatic heterocycles. The average molecular weight is 507 g/mol. The fourth-order valence-electron chi connectivity index (χ4n) is 3.08. The van der Waals surface area contributed by atoms with E-state index in [1.54, 1.807) is 30.3 Å². The molecule has 0 saturated heterocycles. The number of carbonyl (C=O) groups is 5. The smallest absolute Gasteiger partial charge is 0.326 e. The molecule has 1 aromatic rings. The molecule has 0 bridgehead atoms. The largest absolute Gasteiger partial charge is 0.480 e. The Morgan fingerprint density at radius 1 is 0.889 bits per heavy atom. The first kappa shape index (κ1) is 29.8. The van der Waals surface area contributed by atoms with E-state index in [9.17, 15) is 29.1 Å². The van der Waals surface area contributed by atoms with Gasteiger partial charge in [0, 0.05) is 13.0 Å². The number of hydrogen-bond donors (Lipinski definition) is 8.